The molecule has 0 amide bonds. The average molecular weight is 207 g/mol. The van der Waals surface area contributed by atoms with Crippen molar-refractivity contribution in [2.75, 3.05) is 12.3 Å². The number of nitrogens with one attached hydrogen (secondary N) is 1. The van der Waals surface area contributed by atoms with Crippen molar-refractivity contribution in [2.45, 2.75) is 40.2 Å². The highest BCUT2D eigenvalue weighted by atomic mass is 32.2. The molecule has 0 spiro atoms. The van der Waals surface area contributed by atoms with Crippen molar-refractivity contribution in [2.24, 2.45) is 5.41 Å². The smallest absolute Gasteiger partial charge is 0.152 e. The molecule has 0 heterocycles. The molecule has 0 saturated heterocycles. The molecule has 0 aliphatic rings. The Morgan fingerprint density at radius 1 is 1.46 bits per heavy atom. The third kappa shape index (κ3) is 7.16. The monoisotopic (exact) mass is 207 g/mol. The van der Waals surface area contributed by atoms with Gasteiger partial charge in [0.1, 0.15) is 0 Å². The van der Waals surface area contributed by atoms with E-state index in [0.29, 0.717) is 11.8 Å². The highest BCUT2D eigenvalue weighted by molar-refractivity contribution is 7.79. The summed E-state index contributed by atoms with van der Waals surface area (Å²) >= 11 is -1.64. The second-order valence-electron chi connectivity index (χ2n) is 4.42. The minimum absolute atomic E-state index is 0.248. The summed E-state index contributed by atoms with van der Waals surface area (Å²) in [4.78, 5) is 0. The van der Waals surface area contributed by atoms with Crippen LogP contribution < -0.4 is 5.32 Å². The highest BCUT2D eigenvalue weighted by Gasteiger charge is 2.18. The molecule has 0 saturated carbocycles. The van der Waals surface area contributed by atoms with Gasteiger partial charge in [-0.2, -0.15) is 0 Å². The maximum absolute atomic E-state index is 10.3. The topological polar surface area (TPSA) is 49.3 Å². The van der Waals surface area contributed by atoms with Gasteiger partial charge >= 0.3 is 0 Å². The van der Waals surface area contributed by atoms with Crippen LogP contribution in [-0.2, 0) is 11.1 Å². The Morgan fingerprint density at radius 3 is 2.38 bits per heavy atom. The summed E-state index contributed by atoms with van der Waals surface area (Å²) in [6.07, 6.45) is 0.754. The zero-order valence-corrected chi connectivity index (χ0v) is 9.78. The number of hydrogen-bond donors (Lipinski definition) is 2. The standard InChI is InChI=1S/C9H21NO2S/c1-8(9(2,3)4)10-6-5-7-13(11)12/h8,10H,5-7H2,1-4H3,(H,11,12). The van der Waals surface area contributed by atoms with Crippen LogP contribution in [0, 0.1) is 5.41 Å². The predicted octanol–water partition coefficient (Wildman–Crippen LogP) is 1.62. The Labute approximate surface area is 83.6 Å². The molecule has 13 heavy (non-hydrogen) atoms. The van der Waals surface area contributed by atoms with E-state index in [0.717, 1.165) is 13.0 Å². The molecule has 0 fully saturated rings. The average Bonchev–Trinajstić information content (AvgIpc) is 1.95. The lowest BCUT2D eigenvalue weighted by molar-refractivity contribution is 0.287. The summed E-state index contributed by atoms with van der Waals surface area (Å²) in [6.45, 7) is 9.47. The quantitative estimate of drug-likeness (QED) is 0.532. The van der Waals surface area contributed by atoms with E-state index < -0.39 is 11.1 Å². The summed E-state index contributed by atoms with van der Waals surface area (Å²) in [5, 5.41) is 3.33. The SMILES string of the molecule is CC(NCCCS(=O)O)C(C)(C)C. The summed E-state index contributed by atoms with van der Waals surface area (Å²) in [5.74, 6) is 0.365. The molecule has 0 rings (SSSR count). The summed E-state index contributed by atoms with van der Waals surface area (Å²) in [5.41, 5.74) is 0.248. The van der Waals surface area contributed by atoms with Gasteiger partial charge in [-0.25, -0.2) is 4.21 Å². The van der Waals surface area contributed by atoms with Gasteiger partial charge in [0.15, 0.2) is 11.1 Å². The molecule has 0 aromatic rings. The first kappa shape index (κ1) is 13.1. The second kappa shape index (κ2) is 5.73. The zero-order chi connectivity index (χ0) is 10.5. The maximum Gasteiger partial charge on any atom is 0.152 e. The van der Waals surface area contributed by atoms with Gasteiger partial charge in [0.05, 0.1) is 5.75 Å². The molecule has 2 atom stereocenters. The van der Waals surface area contributed by atoms with Gasteiger partial charge in [-0.1, -0.05) is 20.8 Å². The fourth-order valence-corrected chi connectivity index (χ4v) is 1.21. The van der Waals surface area contributed by atoms with E-state index in [4.69, 9.17) is 4.55 Å². The Hall–Kier alpha value is 0.0700. The van der Waals surface area contributed by atoms with Crippen molar-refractivity contribution in [3.05, 3.63) is 0 Å². The Bertz CT molecular complexity index is 165. The lowest BCUT2D eigenvalue weighted by Gasteiger charge is -2.28. The van der Waals surface area contributed by atoms with E-state index in [-0.39, 0.29) is 5.41 Å². The predicted molar refractivity (Wildman–Crippen MR) is 57.2 cm³/mol. The summed E-state index contributed by atoms with van der Waals surface area (Å²) < 4.78 is 18.8. The van der Waals surface area contributed by atoms with E-state index >= 15 is 0 Å². The van der Waals surface area contributed by atoms with Gasteiger partial charge in [-0.3, -0.25) is 0 Å². The minimum atomic E-state index is -1.64. The first-order valence-corrected chi connectivity index (χ1v) is 5.92. The normalized spacial score (nSPS) is 17.0. The van der Waals surface area contributed by atoms with Crippen LogP contribution in [0.5, 0.6) is 0 Å². The summed E-state index contributed by atoms with van der Waals surface area (Å²) in [7, 11) is 0. The molecule has 0 radical (unpaired) electrons. The lowest BCUT2D eigenvalue weighted by atomic mass is 9.88. The Balaban J connectivity index is 3.49. The molecule has 0 aliphatic heterocycles. The molecule has 0 aromatic carbocycles. The molecule has 2 N–H and O–H groups in total. The van der Waals surface area contributed by atoms with Crippen LogP contribution >= 0.6 is 0 Å². The fourth-order valence-electron chi connectivity index (χ4n) is 0.820. The molecule has 4 heteroatoms. The first-order chi connectivity index (χ1) is 5.84. The molecule has 80 valence electrons. The van der Waals surface area contributed by atoms with Crippen molar-refractivity contribution < 1.29 is 8.76 Å². The summed E-state index contributed by atoms with van der Waals surface area (Å²) in [6, 6.07) is 0.430. The van der Waals surface area contributed by atoms with Crippen LogP contribution in [0.25, 0.3) is 0 Å². The van der Waals surface area contributed by atoms with Gasteiger partial charge < -0.3 is 9.87 Å². The van der Waals surface area contributed by atoms with Crippen molar-refractivity contribution in [1.82, 2.24) is 5.32 Å². The molecule has 0 aromatic heterocycles. The molecule has 2 unspecified atom stereocenters. The van der Waals surface area contributed by atoms with Crippen LogP contribution in [0.15, 0.2) is 0 Å². The molecular formula is C9H21NO2S. The van der Waals surface area contributed by atoms with Crippen molar-refractivity contribution in [3.8, 4) is 0 Å². The third-order valence-electron chi connectivity index (χ3n) is 2.25. The van der Waals surface area contributed by atoms with Crippen molar-refractivity contribution >= 4 is 11.1 Å². The number of rotatable bonds is 5. The van der Waals surface area contributed by atoms with Gasteiger partial charge in [-0.15, -0.1) is 0 Å². The van der Waals surface area contributed by atoms with Gasteiger partial charge in [0.25, 0.3) is 0 Å². The third-order valence-corrected chi connectivity index (χ3v) is 2.88. The molecule has 3 nitrogen and oxygen atoms in total. The Morgan fingerprint density at radius 2 is 2.00 bits per heavy atom. The van der Waals surface area contributed by atoms with Crippen LogP contribution in [0.1, 0.15) is 34.1 Å². The molecule has 0 aliphatic carbocycles. The minimum Gasteiger partial charge on any atom is -0.314 e. The van der Waals surface area contributed by atoms with Crippen molar-refractivity contribution in [3.63, 3.8) is 0 Å². The van der Waals surface area contributed by atoms with Crippen molar-refractivity contribution in [1.29, 1.82) is 0 Å². The van der Waals surface area contributed by atoms with E-state index in [1.165, 1.54) is 0 Å². The second-order valence-corrected chi connectivity index (χ2v) is 5.47. The van der Waals surface area contributed by atoms with Crippen LogP contribution in [0.4, 0.5) is 0 Å². The largest absolute Gasteiger partial charge is 0.314 e. The fraction of sp³-hybridized carbons (Fsp3) is 1.00. The highest BCUT2D eigenvalue weighted by Crippen LogP contribution is 2.18. The van der Waals surface area contributed by atoms with E-state index in [2.05, 4.69) is 33.0 Å². The molecule has 0 bridgehead atoms. The number of hydrogen-bond acceptors (Lipinski definition) is 2. The van der Waals surface area contributed by atoms with Crippen LogP contribution in [0.2, 0.25) is 0 Å². The maximum atomic E-state index is 10.3. The van der Waals surface area contributed by atoms with Crippen LogP contribution in [-0.4, -0.2) is 27.1 Å². The molecular weight excluding hydrogens is 186 g/mol. The van der Waals surface area contributed by atoms with Crippen LogP contribution in [0.3, 0.4) is 0 Å². The Kier molecular flexibility index (Phi) is 5.76. The lowest BCUT2D eigenvalue weighted by Crippen LogP contribution is -2.38. The van der Waals surface area contributed by atoms with E-state index in [9.17, 15) is 4.21 Å². The van der Waals surface area contributed by atoms with E-state index in [1.807, 2.05) is 0 Å². The first-order valence-electron chi connectivity index (χ1n) is 4.65. The van der Waals surface area contributed by atoms with Gasteiger partial charge in [0.2, 0.25) is 0 Å². The van der Waals surface area contributed by atoms with Gasteiger partial charge in [0, 0.05) is 6.04 Å². The zero-order valence-electron chi connectivity index (χ0n) is 8.96. The van der Waals surface area contributed by atoms with Gasteiger partial charge in [-0.05, 0) is 25.3 Å². The van der Waals surface area contributed by atoms with E-state index in [1.54, 1.807) is 0 Å².